The van der Waals surface area contributed by atoms with Gasteiger partial charge in [0.25, 0.3) is 15.9 Å². The van der Waals surface area contributed by atoms with Crippen LogP contribution < -0.4 is 9.62 Å². The van der Waals surface area contributed by atoms with E-state index in [-0.39, 0.29) is 22.1 Å². The van der Waals surface area contributed by atoms with Gasteiger partial charge in [-0.05, 0) is 55.3 Å². The van der Waals surface area contributed by atoms with Gasteiger partial charge in [0.05, 0.1) is 23.3 Å². The second-order valence-corrected chi connectivity index (χ2v) is 9.60. The van der Waals surface area contributed by atoms with Gasteiger partial charge in [0.15, 0.2) is 0 Å². The predicted octanol–water partition coefficient (Wildman–Crippen LogP) is 3.47. The zero-order chi connectivity index (χ0) is 23.9. The number of hydrogen-bond acceptors (Lipinski definition) is 6. The van der Waals surface area contributed by atoms with Crippen LogP contribution in [0.2, 0.25) is 0 Å². The van der Waals surface area contributed by atoms with E-state index in [9.17, 15) is 22.0 Å². The molecule has 1 amide bonds. The normalized spacial score (nSPS) is 16.2. The molecule has 34 heavy (non-hydrogen) atoms. The van der Waals surface area contributed by atoms with Gasteiger partial charge in [-0.3, -0.25) is 9.78 Å². The summed E-state index contributed by atoms with van der Waals surface area (Å²) >= 11 is 0. The van der Waals surface area contributed by atoms with Crippen LogP contribution in [0.3, 0.4) is 0 Å². The molecule has 0 radical (unpaired) electrons. The number of pyridine rings is 2. The molecular weight excluding hydrogens is 464 g/mol. The number of aromatic nitrogens is 3. The molecule has 0 spiro atoms. The lowest BCUT2D eigenvalue weighted by Gasteiger charge is -2.27. The molecule has 5 rings (SSSR count). The first-order valence-corrected chi connectivity index (χ1v) is 12.0. The highest BCUT2D eigenvalue weighted by molar-refractivity contribution is 7.90. The number of carbonyl (C=O) groups excluding carboxylic acids is 1. The third-order valence-electron chi connectivity index (χ3n) is 5.82. The molecule has 1 aliphatic heterocycles. The van der Waals surface area contributed by atoms with Crippen molar-refractivity contribution in [2.75, 3.05) is 11.4 Å². The van der Waals surface area contributed by atoms with E-state index >= 15 is 0 Å². The van der Waals surface area contributed by atoms with Crippen molar-refractivity contribution in [1.29, 1.82) is 0 Å². The van der Waals surface area contributed by atoms with Gasteiger partial charge in [0.2, 0.25) is 0 Å². The first kappa shape index (κ1) is 22.0. The summed E-state index contributed by atoms with van der Waals surface area (Å²) in [6, 6.07) is 9.28. The van der Waals surface area contributed by atoms with Crippen LogP contribution >= 0.6 is 0 Å². The topological polar surface area (TPSA) is 96.7 Å². The van der Waals surface area contributed by atoms with Crippen LogP contribution in [0.4, 0.5) is 14.5 Å². The van der Waals surface area contributed by atoms with E-state index in [1.165, 1.54) is 35.1 Å². The first-order chi connectivity index (χ1) is 16.3. The number of nitrogens with zero attached hydrogens (tertiary/aromatic N) is 4. The van der Waals surface area contributed by atoms with Crippen LogP contribution in [0.25, 0.3) is 5.52 Å². The van der Waals surface area contributed by atoms with Crippen molar-refractivity contribution in [2.45, 2.75) is 23.8 Å². The number of rotatable bonds is 5. The molecule has 174 valence electrons. The maximum Gasteiger partial charge on any atom is 0.268 e. The molecule has 1 saturated heterocycles. The van der Waals surface area contributed by atoms with Crippen molar-refractivity contribution in [3.63, 3.8) is 0 Å². The lowest BCUT2D eigenvalue weighted by Crippen LogP contribution is -2.30. The number of nitrogens with one attached hydrogen (secondary N) is 1. The molecule has 8 nitrogen and oxygen atoms in total. The van der Waals surface area contributed by atoms with Crippen LogP contribution in [0.5, 0.6) is 0 Å². The highest BCUT2D eigenvalue weighted by Gasteiger charge is 2.29. The number of anilines is 1. The lowest BCUT2D eigenvalue weighted by atomic mass is 10.0. The van der Waals surface area contributed by atoms with E-state index in [1.807, 2.05) is 9.62 Å². The standard InChI is InChI=1S/C23H19F2N5O3S/c24-15-5-6-20(25)18(11-15)21-4-2-9-29(21)16-7-10-30-22(12-16)19(14-27-30)23(31)28-34(32,33)17-3-1-8-26-13-17/h1,3,5-8,10-14,21H,2,4,9H2,(H,28,31). The Bertz CT molecular complexity index is 1490. The molecule has 1 aromatic carbocycles. The zero-order valence-corrected chi connectivity index (χ0v) is 18.5. The Hall–Kier alpha value is -3.86. The Morgan fingerprint density at radius 2 is 1.97 bits per heavy atom. The Balaban J connectivity index is 1.47. The summed E-state index contributed by atoms with van der Waals surface area (Å²) in [5, 5.41) is 4.13. The number of carbonyl (C=O) groups is 1. The Labute approximate surface area is 193 Å². The van der Waals surface area contributed by atoms with Crippen molar-refractivity contribution in [1.82, 2.24) is 19.3 Å². The van der Waals surface area contributed by atoms with E-state index in [4.69, 9.17) is 0 Å². The number of halogens is 2. The highest BCUT2D eigenvalue weighted by Crippen LogP contribution is 2.38. The fraction of sp³-hybridized carbons (Fsp3) is 0.174. The largest absolute Gasteiger partial charge is 0.364 e. The summed E-state index contributed by atoms with van der Waals surface area (Å²) in [4.78, 5) is 18.4. The molecule has 4 aromatic rings. The van der Waals surface area contributed by atoms with Gasteiger partial charge in [-0.1, -0.05) is 0 Å². The molecule has 3 aromatic heterocycles. The van der Waals surface area contributed by atoms with Gasteiger partial charge in [-0.25, -0.2) is 26.4 Å². The Kier molecular flexibility index (Phi) is 5.48. The molecule has 1 N–H and O–H groups in total. The van der Waals surface area contributed by atoms with E-state index in [2.05, 4.69) is 10.1 Å². The van der Waals surface area contributed by atoms with Crippen LogP contribution in [0.1, 0.15) is 34.8 Å². The minimum absolute atomic E-state index is 0.0574. The van der Waals surface area contributed by atoms with Crippen molar-refractivity contribution in [2.24, 2.45) is 0 Å². The molecule has 11 heteroatoms. The van der Waals surface area contributed by atoms with Gasteiger partial charge in [-0.2, -0.15) is 5.10 Å². The average Bonchev–Trinajstić information content (AvgIpc) is 3.48. The molecule has 0 aliphatic carbocycles. The van der Waals surface area contributed by atoms with Crippen molar-refractivity contribution >= 4 is 27.1 Å². The van der Waals surface area contributed by atoms with E-state index < -0.39 is 27.6 Å². The van der Waals surface area contributed by atoms with Crippen LogP contribution in [0, 0.1) is 11.6 Å². The number of sulfonamides is 1. The monoisotopic (exact) mass is 483 g/mol. The van der Waals surface area contributed by atoms with E-state index in [0.717, 1.165) is 24.8 Å². The molecule has 1 aliphatic rings. The van der Waals surface area contributed by atoms with Crippen LogP contribution in [-0.2, 0) is 10.0 Å². The summed E-state index contributed by atoms with van der Waals surface area (Å²) in [5.74, 6) is -1.84. The minimum atomic E-state index is -4.12. The summed E-state index contributed by atoms with van der Waals surface area (Å²) in [5.41, 5.74) is 1.39. The van der Waals surface area contributed by atoms with Gasteiger partial charge in [0.1, 0.15) is 16.5 Å². The summed E-state index contributed by atoms with van der Waals surface area (Å²) in [6.07, 6.45) is 6.90. The van der Waals surface area contributed by atoms with Crippen molar-refractivity contribution < 1.29 is 22.0 Å². The summed E-state index contributed by atoms with van der Waals surface area (Å²) < 4.78 is 56.8. The average molecular weight is 484 g/mol. The number of fused-ring (bicyclic) bond motifs is 1. The summed E-state index contributed by atoms with van der Waals surface area (Å²) in [7, 11) is -4.12. The Morgan fingerprint density at radius 3 is 2.76 bits per heavy atom. The van der Waals surface area contributed by atoms with Crippen LogP contribution in [0.15, 0.2) is 72.1 Å². The quantitative estimate of drug-likeness (QED) is 0.467. The number of amides is 1. The fourth-order valence-corrected chi connectivity index (χ4v) is 5.16. The lowest BCUT2D eigenvalue weighted by molar-refractivity contribution is 0.0983. The van der Waals surface area contributed by atoms with Crippen molar-refractivity contribution in [3.8, 4) is 0 Å². The fourth-order valence-electron chi connectivity index (χ4n) is 4.23. The summed E-state index contributed by atoms with van der Waals surface area (Å²) in [6.45, 7) is 0.613. The van der Waals surface area contributed by atoms with Crippen molar-refractivity contribution in [3.05, 3.63) is 90.0 Å². The smallest absolute Gasteiger partial charge is 0.268 e. The molecule has 1 unspecified atom stereocenters. The molecule has 0 saturated carbocycles. The van der Waals surface area contributed by atoms with Gasteiger partial charge >= 0.3 is 0 Å². The van der Waals surface area contributed by atoms with E-state index in [0.29, 0.717) is 24.2 Å². The van der Waals surface area contributed by atoms with Crippen LogP contribution in [-0.4, -0.2) is 35.5 Å². The number of hydrogen-bond donors (Lipinski definition) is 1. The first-order valence-electron chi connectivity index (χ1n) is 10.5. The zero-order valence-electron chi connectivity index (χ0n) is 17.7. The molecule has 1 fully saturated rings. The predicted molar refractivity (Wildman–Crippen MR) is 120 cm³/mol. The van der Waals surface area contributed by atoms with Gasteiger partial charge in [-0.15, -0.1) is 0 Å². The second-order valence-electron chi connectivity index (χ2n) is 7.91. The third kappa shape index (κ3) is 3.98. The molecular formula is C23H19F2N5O3S. The maximum absolute atomic E-state index is 14.5. The van der Waals surface area contributed by atoms with E-state index in [1.54, 1.807) is 18.3 Å². The molecule has 1 atom stereocenters. The second kappa shape index (κ2) is 8.49. The van der Waals surface area contributed by atoms with Gasteiger partial charge in [0, 0.05) is 36.4 Å². The third-order valence-corrected chi connectivity index (χ3v) is 7.14. The molecule has 4 heterocycles. The van der Waals surface area contributed by atoms with Gasteiger partial charge < -0.3 is 4.90 Å². The Morgan fingerprint density at radius 1 is 1.12 bits per heavy atom. The maximum atomic E-state index is 14.5. The molecule has 0 bridgehead atoms. The minimum Gasteiger partial charge on any atom is -0.364 e. The highest BCUT2D eigenvalue weighted by atomic mass is 32.2. The number of benzene rings is 1. The SMILES string of the molecule is O=C(NS(=O)(=O)c1cccnc1)c1cnn2ccc(N3CCCC3c3cc(F)ccc3F)cc12.